The minimum Gasteiger partial charge on any atom is -0.481 e. The van der Waals surface area contributed by atoms with Crippen molar-refractivity contribution in [1.82, 2.24) is 0 Å². The summed E-state index contributed by atoms with van der Waals surface area (Å²) in [4.78, 5) is 11.0. The third-order valence-corrected chi connectivity index (χ3v) is 3.49. The molecule has 0 amide bonds. The van der Waals surface area contributed by atoms with Crippen molar-refractivity contribution in [3.05, 3.63) is 35.4 Å². The first-order chi connectivity index (χ1) is 6.94. The largest absolute Gasteiger partial charge is 0.481 e. The van der Waals surface area contributed by atoms with Gasteiger partial charge < -0.3 is 5.11 Å². The van der Waals surface area contributed by atoms with Crippen LogP contribution < -0.4 is 0 Å². The van der Waals surface area contributed by atoms with E-state index in [2.05, 4.69) is 6.07 Å². The molecule has 1 N–H and O–H groups in total. The van der Waals surface area contributed by atoms with E-state index in [1.54, 1.807) is 0 Å². The van der Waals surface area contributed by atoms with Gasteiger partial charge >= 0.3 is 5.97 Å². The van der Waals surface area contributed by atoms with Crippen molar-refractivity contribution in [1.29, 1.82) is 0 Å². The highest BCUT2D eigenvalue weighted by Gasteiger charge is 2.62. The van der Waals surface area contributed by atoms with Gasteiger partial charge in [-0.05, 0) is 17.9 Å². The first-order valence-electron chi connectivity index (χ1n) is 5.24. The maximum Gasteiger partial charge on any atom is 0.307 e. The molecule has 0 aromatic heterocycles. The number of hydrogen-bond acceptors (Lipinski definition) is 1. The van der Waals surface area contributed by atoms with Gasteiger partial charge in [0.2, 0.25) is 0 Å². The molecule has 2 heteroatoms. The molecule has 0 heterocycles. The molecule has 0 radical (unpaired) electrons. The van der Waals surface area contributed by atoms with Crippen molar-refractivity contribution in [2.45, 2.75) is 26.7 Å². The predicted octanol–water partition coefficient (Wildman–Crippen LogP) is 2.82. The van der Waals surface area contributed by atoms with Crippen LogP contribution in [0.25, 0.3) is 0 Å². The minimum absolute atomic E-state index is 0.0976. The number of hydrogen-bond donors (Lipinski definition) is 1. The minimum atomic E-state index is -0.675. The van der Waals surface area contributed by atoms with Gasteiger partial charge in [0.25, 0.3) is 0 Å². The van der Waals surface area contributed by atoms with E-state index < -0.39 is 5.97 Å². The summed E-state index contributed by atoms with van der Waals surface area (Å²) >= 11 is 0. The molecular formula is C13H16O2. The van der Waals surface area contributed by atoms with E-state index in [1.165, 1.54) is 5.56 Å². The first kappa shape index (κ1) is 10.2. The average molecular weight is 204 g/mol. The molecule has 1 aromatic rings. The van der Waals surface area contributed by atoms with Crippen molar-refractivity contribution in [3.63, 3.8) is 0 Å². The summed E-state index contributed by atoms with van der Waals surface area (Å²) in [6, 6.07) is 8.16. The highest BCUT2D eigenvalue weighted by atomic mass is 16.4. The van der Waals surface area contributed by atoms with Crippen LogP contribution in [0.2, 0.25) is 0 Å². The van der Waals surface area contributed by atoms with Crippen molar-refractivity contribution in [3.8, 4) is 0 Å². The van der Waals surface area contributed by atoms with Crippen molar-refractivity contribution in [2.75, 3.05) is 0 Å². The average Bonchev–Trinajstić information content (AvgIpc) is 2.69. The third kappa shape index (κ3) is 1.54. The maximum atomic E-state index is 11.0. The topological polar surface area (TPSA) is 37.3 Å². The van der Waals surface area contributed by atoms with E-state index >= 15 is 0 Å². The highest BCUT2D eigenvalue weighted by Crippen LogP contribution is 2.64. The quantitative estimate of drug-likeness (QED) is 0.804. The Bertz CT molecular complexity index is 407. The molecule has 1 aliphatic rings. The zero-order valence-electron chi connectivity index (χ0n) is 9.32. The lowest BCUT2D eigenvalue weighted by molar-refractivity contribution is -0.139. The molecular weight excluding hydrogens is 188 g/mol. The van der Waals surface area contributed by atoms with Crippen LogP contribution in [0, 0.1) is 18.3 Å². The van der Waals surface area contributed by atoms with Crippen molar-refractivity contribution < 1.29 is 9.90 Å². The number of benzene rings is 1. The van der Waals surface area contributed by atoms with Gasteiger partial charge in [-0.2, -0.15) is 0 Å². The van der Waals surface area contributed by atoms with Crippen LogP contribution in [0.3, 0.4) is 0 Å². The summed E-state index contributed by atoms with van der Waals surface area (Å²) in [5, 5.41) is 9.09. The molecule has 0 spiro atoms. The molecule has 1 fully saturated rings. The number of carbonyl (C=O) groups is 1. The van der Waals surface area contributed by atoms with Gasteiger partial charge in [-0.15, -0.1) is 0 Å². The molecule has 0 aliphatic heterocycles. The van der Waals surface area contributed by atoms with Crippen LogP contribution in [0.1, 0.15) is 30.9 Å². The van der Waals surface area contributed by atoms with Gasteiger partial charge in [0.05, 0.1) is 5.92 Å². The molecule has 1 aromatic carbocycles. The Balaban J connectivity index is 2.31. The number of rotatable bonds is 2. The number of carboxylic acids is 1. The van der Waals surface area contributed by atoms with Crippen LogP contribution >= 0.6 is 0 Å². The van der Waals surface area contributed by atoms with Crippen LogP contribution in [0.4, 0.5) is 0 Å². The summed E-state index contributed by atoms with van der Waals surface area (Å²) in [6.45, 7) is 6.09. The predicted molar refractivity (Wildman–Crippen MR) is 58.8 cm³/mol. The molecule has 1 aliphatic carbocycles. The summed E-state index contributed by atoms with van der Waals surface area (Å²) in [5.74, 6) is -0.722. The molecule has 2 rings (SSSR count). The second kappa shape index (κ2) is 3.09. The van der Waals surface area contributed by atoms with Crippen LogP contribution in [-0.4, -0.2) is 11.1 Å². The van der Waals surface area contributed by atoms with E-state index in [-0.39, 0.29) is 17.3 Å². The summed E-state index contributed by atoms with van der Waals surface area (Å²) < 4.78 is 0. The van der Waals surface area contributed by atoms with Crippen molar-refractivity contribution in [2.24, 2.45) is 11.3 Å². The summed E-state index contributed by atoms with van der Waals surface area (Å²) in [6.07, 6.45) is 0. The molecule has 0 bridgehead atoms. The van der Waals surface area contributed by atoms with E-state index in [0.717, 1.165) is 5.56 Å². The van der Waals surface area contributed by atoms with Gasteiger partial charge in [-0.1, -0.05) is 43.7 Å². The molecule has 0 saturated heterocycles. The smallest absolute Gasteiger partial charge is 0.307 e. The molecule has 2 unspecified atom stereocenters. The Morgan fingerprint density at radius 3 is 2.53 bits per heavy atom. The summed E-state index contributed by atoms with van der Waals surface area (Å²) in [5.41, 5.74) is 2.26. The Morgan fingerprint density at radius 2 is 2.07 bits per heavy atom. The van der Waals surface area contributed by atoms with Crippen LogP contribution in [0.5, 0.6) is 0 Å². The van der Waals surface area contributed by atoms with Gasteiger partial charge in [0.15, 0.2) is 0 Å². The fourth-order valence-electron chi connectivity index (χ4n) is 2.58. The lowest BCUT2D eigenvalue weighted by Gasteiger charge is -2.03. The van der Waals surface area contributed by atoms with E-state index in [4.69, 9.17) is 5.11 Å². The standard InChI is InChI=1S/C13H16O2/c1-8-5-4-6-9(7-8)10-11(12(14)15)13(10,2)3/h4-7,10-11H,1-3H3,(H,14,15). The summed E-state index contributed by atoms with van der Waals surface area (Å²) in [7, 11) is 0. The molecule has 80 valence electrons. The van der Waals surface area contributed by atoms with Crippen LogP contribution in [-0.2, 0) is 4.79 Å². The zero-order valence-corrected chi connectivity index (χ0v) is 9.32. The lowest BCUT2D eigenvalue weighted by Crippen LogP contribution is -2.03. The monoisotopic (exact) mass is 204 g/mol. The fraction of sp³-hybridized carbons (Fsp3) is 0.462. The highest BCUT2D eigenvalue weighted by molar-refractivity contribution is 5.77. The van der Waals surface area contributed by atoms with Gasteiger partial charge in [0.1, 0.15) is 0 Å². The van der Waals surface area contributed by atoms with Gasteiger partial charge in [-0.3, -0.25) is 4.79 Å². The van der Waals surface area contributed by atoms with Crippen LogP contribution in [0.15, 0.2) is 24.3 Å². The van der Waals surface area contributed by atoms with Gasteiger partial charge in [-0.25, -0.2) is 0 Å². The van der Waals surface area contributed by atoms with E-state index in [9.17, 15) is 4.79 Å². The van der Waals surface area contributed by atoms with Gasteiger partial charge in [0, 0.05) is 5.92 Å². The number of aryl methyl sites for hydroxylation is 1. The normalized spacial score (nSPS) is 27.4. The Labute approximate surface area is 89.9 Å². The third-order valence-electron chi connectivity index (χ3n) is 3.49. The van der Waals surface area contributed by atoms with E-state index in [1.807, 2.05) is 39.0 Å². The lowest BCUT2D eigenvalue weighted by atomic mass is 10.0. The Morgan fingerprint density at radius 1 is 1.40 bits per heavy atom. The molecule has 15 heavy (non-hydrogen) atoms. The fourth-order valence-corrected chi connectivity index (χ4v) is 2.58. The second-order valence-corrected chi connectivity index (χ2v) is 5.03. The number of carboxylic acid groups (broad SMARTS) is 1. The zero-order chi connectivity index (χ0) is 11.2. The van der Waals surface area contributed by atoms with E-state index in [0.29, 0.717) is 0 Å². The SMILES string of the molecule is Cc1cccc(C2C(C(=O)O)C2(C)C)c1. The number of aliphatic carboxylic acids is 1. The maximum absolute atomic E-state index is 11.0. The Hall–Kier alpha value is -1.31. The van der Waals surface area contributed by atoms with Crippen molar-refractivity contribution >= 4 is 5.97 Å². The Kier molecular flexibility index (Phi) is 2.10. The second-order valence-electron chi connectivity index (χ2n) is 5.03. The molecule has 2 nitrogen and oxygen atoms in total. The molecule has 1 saturated carbocycles. The first-order valence-corrected chi connectivity index (χ1v) is 5.24. The molecule has 2 atom stereocenters.